The fourth-order valence-electron chi connectivity index (χ4n) is 4.52. The molecule has 4 rings (SSSR count). The van der Waals surface area contributed by atoms with Gasteiger partial charge >= 0.3 is 5.97 Å². The van der Waals surface area contributed by atoms with E-state index in [1.807, 2.05) is 0 Å². The minimum Gasteiger partial charge on any atom is -0.469 e. The van der Waals surface area contributed by atoms with E-state index in [4.69, 9.17) is 9.73 Å². The van der Waals surface area contributed by atoms with Crippen LogP contribution in [0.2, 0.25) is 0 Å². The van der Waals surface area contributed by atoms with Crippen molar-refractivity contribution in [3.8, 4) is 0 Å². The van der Waals surface area contributed by atoms with E-state index in [0.29, 0.717) is 6.04 Å². The average molecular weight is 310 g/mol. The van der Waals surface area contributed by atoms with Gasteiger partial charge in [-0.2, -0.15) is 0 Å². The highest BCUT2D eigenvalue weighted by molar-refractivity contribution is 6.13. The van der Waals surface area contributed by atoms with Gasteiger partial charge in [0.1, 0.15) is 0 Å². The van der Waals surface area contributed by atoms with Gasteiger partial charge in [0.15, 0.2) is 0 Å². The molecule has 4 aliphatic rings. The predicted octanol–water partition coefficient (Wildman–Crippen LogP) is 2.65. The molecule has 2 heterocycles. The first-order valence-corrected chi connectivity index (χ1v) is 8.28. The molecule has 4 nitrogen and oxygen atoms in total. The zero-order valence-corrected chi connectivity index (χ0v) is 13.9. The summed E-state index contributed by atoms with van der Waals surface area (Å²) in [6.07, 6.45) is 10.2. The number of carbonyl (C=O) groups excluding carboxylic acids is 1. The number of likely N-dealkylation sites (tertiary alicyclic amines) is 1. The number of fused-ring (bicyclic) bond motifs is 5. The largest absolute Gasteiger partial charge is 0.469 e. The van der Waals surface area contributed by atoms with E-state index in [1.54, 1.807) is 0 Å². The molecular weight excluding hydrogens is 288 g/mol. The SMILES string of the molecule is C/C=C1\CN(C)[C@H]2C[C@@H]1[C@H](C(=O)OC)C1=C3CC=CC=C3N=C12. The van der Waals surface area contributed by atoms with Crippen LogP contribution in [0.1, 0.15) is 19.8 Å². The Morgan fingerprint density at radius 2 is 2.30 bits per heavy atom. The molecule has 0 aromatic carbocycles. The number of hydrogen-bond acceptors (Lipinski definition) is 4. The van der Waals surface area contributed by atoms with Gasteiger partial charge in [0.2, 0.25) is 0 Å². The van der Waals surface area contributed by atoms with Crippen molar-refractivity contribution < 1.29 is 9.53 Å². The van der Waals surface area contributed by atoms with Crippen LogP contribution >= 0.6 is 0 Å². The Hall–Kier alpha value is -1.94. The number of nitrogens with zero attached hydrogens (tertiary/aromatic N) is 2. The summed E-state index contributed by atoms with van der Waals surface area (Å²) in [4.78, 5) is 19.9. The second-order valence-corrected chi connectivity index (χ2v) is 6.71. The second-order valence-electron chi connectivity index (χ2n) is 6.71. The fourth-order valence-corrected chi connectivity index (χ4v) is 4.52. The number of hydrogen-bond donors (Lipinski definition) is 0. The predicted molar refractivity (Wildman–Crippen MR) is 90.1 cm³/mol. The lowest BCUT2D eigenvalue weighted by atomic mass is 9.65. The van der Waals surface area contributed by atoms with Gasteiger partial charge in [-0.15, -0.1) is 0 Å². The molecule has 1 saturated carbocycles. The first kappa shape index (κ1) is 14.6. The molecule has 2 fully saturated rings. The van der Waals surface area contributed by atoms with E-state index < -0.39 is 0 Å². The molecule has 0 aromatic rings. The summed E-state index contributed by atoms with van der Waals surface area (Å²) in [5.74, 6) is -0.0917. The zero-order chi connectivity index (χ0) is 16.1. The van der Waals surface area contributed by atoms with Crippen molar-refractivity contribution in [1.29, 1.82) is 0 Å². The molecule has 120 valence electrons. The summed E-state index contributed by atoms with van der Waals surface area (Å²) < 4.78 is 5.18. The van der Waals surface area contributed by atoms with Crippen LogP contribution in [0.4, 0.5) is 0 Å². The van der Waals surface area contributed by atoms with Gasteiger partial charge in [-0.1, -0.05) is 23.8 Å². The third kappa shape index (κ3) is 2.01. The molecular formula is C19H22N2O2. The van der Waals surface area contributed by atoms with Gasteiger partial charge in [-0.25, -0.2) is 0 Å². The maximum Gasteiger partial charge on any atom is 0.313 e. The van der Waals surface area contributed by atoms with E-state index in [1.165, 1.54) is 18.3 Å². The topological polar surface area (TPSA) is 41.9 Å². The van der Waals surface area contributed by atoms with E-state index in [2.05, 4.69) is 43.2 Å². The Bertz CT molecular complexity index is 724. The van der Waals surface area contributed by atoms with Crippen LogP contribution < -0.4 is 0 Å². The van der Waals surface area contributed by atoms with Gasteiger partial charge in [-0.05, 0) is 44.0 Å². The van der Waals surface area contributed by atoms with Crippen LogP contribution in [0.25, 0.3) is 0 Å². The molecule has 23 heavy (non-hydrogen) atoms. The Labute approximate surface area is 136 Å². The minimum atomic E-state index is -0.206. The number of piperidine rings is 1. The van der Waals surface area contributed by atoms with Gasteiger partial charge in [0, 0.05) is 12.5 Å². The molecule has 0 spiro atoms. The molecule has 0 amide bonds. The van der Waals surface area contributed by atoms with Crippen molar-refractivity contribution in [2.75, 3.05) is 20.7 Å². The average Bonchev–Trinajstić information content (AvgIpc) is 2.96. The molecule has 0 aromatic heterocycles. The molecule has 3 atom stereocenters. The van der Waals surface area contributed by atoms with E-state index in [9.17, 15) is 4.79 Å². The number of esters is 1. The molecule has 0 unspecified atom stereocenters. The summed E-state index contributed by atoms with van der Waals surface area (Å²) in [7, 11) is 3.65. The van der Waals surface area contributed by atoms with Crippen molar-refractivity contribution in [3.63, 3.8) is 0 Å². The number of carbonyl (C=O) groups is 1. The van der Waals surface area contributed by atoms with E-state index in [0.717, 1.165) is 36.4 Å². The molecule has 1 saturated heterocycles. The van der Waals surface area contributed by atoms with Gasteiger partial charge in [0.25, 0.3) is 0 Å². The van der Waals surface area contributed by atoms with Gasteiger partial charge in [-0.3, -0.25) is 14.7 Å². The normalized spacial score (nSPS) is 34.0. The van der Waals surface area contributed by atoms with Crippen LogP contribution in [0, 0.1) is 11.8 Å². The molecule has 2 aliphatic heterocycles. The van der Waals surface area contributed by atoms with Gasteiger partial charge < -0.3 is 4.74 Å². The number of rotatable bonds is 1. The van der Waals surface area contributed by atoms with E-state index >= 15 is 0 Å². The first-order chi connectivity index (χ1) is 11.2. The van der Waals surface area contributed by atoms with Gasteiger partial charge in [0.05, 0.1) is 30.5 Å². The van der Waals surface area contributed by atoms with Crippen molar-refractivity contribution in [2.24, 2.45) is 16.8 Å². The van der Waals surface area contributed by atoms with E-state index in [-0.39, 0.29) is 17.8 Å². The Balaban J connectivity index is 1.90. The number of likely N-dealkylation sites (N-methyl/N-ethyl adjacent to an activating group) is 1. The van der Waals surface area contributed by atoms with Crippen LogP contribution in [0.5, 0.6) is 0 Å². The molecule has 4 heteroatoms. The van der Waals surface area contributed by atoms with Crippen molar-refractivity contribution in [3.05, 3.63) is 46.7 Å². The molecule has 2 aliphatic carbocycles. The van der Waals surface area contributed by atoms with Crippen molar-refractivity contribution in [1.82, 2.24) is 4.90 Å². The third-order valence-electron chi connectivity index (χ3n) is 5.64. The summed E-state index contributed by atoms with van der Waals surface area (Å²) in [5, 5.41) is 0. The zero-order valence-electron chi connectivity index (χ0n) is 13.9. The first-order valence-electron chi connectivity index (χ1n) is 8.28. The fraction of sp³-hybridized carbons (Fsp3) is 0.474. The molecule has 0 radical (unpaired) electrons. The Morgan fingerprint density at radius 1 is 1.48 bits per heavy atom. The number of aliphatic imine (C=N–C) groups is 1. The molecule has 2 bridgehead atoms. The number of methoxy groups -OCH3 is 1. The smallest absolute Gasteiger partial charge is 0.313 e. The summed E-state index contributed by atoms with van der Waals surface area (Å²) in [5.41, 5.74) is 5.83. The lowest BCUT2D eigenvalue weighted by molar-refractivity contribution is -0.145. The van der Waals surface area contributed by atoms with Crippen LogP contribution in [0.15, 0.2) is 51.7 Å². The Kier molecular flexibility index (Phi) is 3.38. The van der Waals surface area contributed by atoms with Crippen molar-refractivity contribution >= 4 is 11.7 Å². The second kappa shape index (κ2) is 5.31. The monoisotopic (exact) mass is 310 g/mol. The van der Waals surface area contributed by atoms with Crippen LogP contribution in [-0.2, 0) is 9.53 Å². The summed E-state index contributed by atoms with van der Waals surface area (Å²) >= 11 is 0. The summed E-state index contributed by atoms with van der Waals surface area (Å²) in [6.45, 7) is 2.97. The quantitative estimate of drug-likeness (QED) is 0.552. The highest BCUT2D eigenvalue weighted by Gasteiger charge is 2.51. The maximum absolute atomic E-state index is 12.6. The highest BCUT2D eigenvalue weighted by Crippen LogP contribution is 2.49. The molecule has 0 N–H and O–H groups in total. The third-order valence-corrected chi connectivity index (χ3v) is 5.64. The standard InChI is InChI=1S/C19H22N2O2/c1-4-11-10-21(2)15-9-13(11)17(19(22)23-3)16-12-7-5-6-8-14(12)20-18(15)16/h4-6,8,13,15,17H,7,9-10H2,1-3H3/b11-4+/t13-,15-,17-/m0/s1. The lowest BCUT2D eigenvalue weighted by Crippen LogP contribution is -2.54. The Morgan fingerprint density at radius 3 is 3.04 bits per heavy atom. The number of ether oxygens (including phenoxy) is 1. The summed E-state index contributed by atoms with van der Waals surface area (Å²) in [6, 6.07) is 0.304. The number of allylic oxidation sites excluding steroid dienone is 5. The lowest BCUT2D eigenvalue weighted by Gasteiger charge is -2.47. The van der Waals surface area contributed by atoms with Crippen LogP contribution in [-0.4, -0.2) is 43.3 Å². The maximum atomic E-state index is 12.6. The minimum absolute atomic E-state index is 0.122. The van der Waals surface area contributed by atoms with Crippen LogP contribution in [0.3, 0.4) is 0 Å². The highest BCUT2D eigenvalue weighted by atomic mass is 16.5. The van der Waals surface area contributed by atoms with Crippen molar-refractivity contribution in [2.45, 2.75) is 25.8 Å².